The summed E-state index contributed by atoms with van der Waals surface area (Å²) in [5, 5.41) is 3.62. The minimum Gasteiger partial charge on any atom is -0.335 e. The largest absolute Gasteiger partial charge is 0.335 e. The van der Waals surface area contributed by atoms with Gasteiger partial charge >= 0.3 is 0 Å². The summed E-state index contributed by atoms with van der Waals surface area (Å²) < 4.78 is 3.64. The van der Waals surface area contributed by atoms with Crippen molar-refractivity contribution < 1.29 is 4.79 Å². The van der Waals surface area contributed by atoms with Gasteiger partial charge in [0.05, 0.1) is 11.7 Å². The van der Waals surface area contributed by atoms with E-state index in [1.54, 1.807) is 11.9 Å². The van der Waals surface area contributed by atoms with E-state index in [9.17, 15) is 4.79 Å². The first kappa shape index (κ1) is 11.4. The quantitative estimate of drug-likeness (QED) is 0.746. The van der Waals surface area contributed by atoms with Crippen LogP contribution in [0.4, 0.5) is 0 Å². The number of aromatic nitrogens is 2. The van der Waals surface area contributed by atoms with Gasteiger partial charge in [-0.15, -0.1) is 16.7 Å². The fourth-order valence-electron chi connectivity index (χ4n) is 0.791. The third-order valence-corrected chi connectivity index (χ3v) is 3.42. The van der Waals surface area contributed by atoms with Gasteiger partial charge in [-0.25, -0.2) is 0 Å². The maximum atomic E-state index is 11.8. The Bertz CT molecular complexity index is 312. The van der Waals surface area contributed by atoms with Crippen LogP contribution in [-0.2, 0) is 0 Å². The van der Waals surface area contributed by atoms with Gasteiger partial charge in [0.25, 0.3) is 5.91 Å². The number of amides is 1. The number of alkyl halides is 1. The smallest absolute Gasteiger partial charge is 0.267 e. The second-order valence-corrected chi connectivity index (χ2v) is 4.64. The summed E-state index contributed by atoms with van der Waals surface area (Å²) in [6.45, 7) is 3.82. The van der Waals surface area contributed by atoms with E-state index in [4.69, 9.17) is 11.6 Å². The molecule has 0 bridgehead atoms. The minimum absolute atomic E-state index is 0.0920. The first-order chi connectivity index (χ1) is 6.49. The van der Waals surface area contributed by atoms with Crippen LogP contribution >= 0.6 is 23.1 Å². The van der Waals surface area contributed by atoms with Gasteiger partial charge in [-0.05, 0) is 25.4 Å². The van der Waals surface area contributed by atoms with Crippen LogP contribution in [0, 0.1) is 0 Å². The lowest BCUT2D eigenvalue weighted by atomic mass is 10.1. The van der Waals surface area contributed by atoms with E-state index < -0.39 is 0 Å². The Morgan fingerprint density at radius 2 is 2.36 bits per heavy atom. The van der Waals surface area contributed by atoms with Crippen molar-refractivity contribution in [3.05, 3.63) is 11.1 Å². The summed E-state index contributed by atoms with van der Waals surface area (Å²) in [7, 11) is 1.73. The Morgan fingerprint density at radius 1 is 1.71 bits per heavy atom. The molecular weight excluding hydrogens is 222 g/mol. The summed E-state index contributed by atoms with van der Waals surface area (Å²) in [6.07, 6.45) is 1.47. The van der Waals surface area contributed by atoms with Crippen molar-refractivity contribution in [1.82, 2.24) is 14.5 Å². The minimum atomic E-state index is -0.359. The highest BCUT2D eigenvalue weighted by molar-refractivity contribution is 7.07. The molecule has 0 atom stereocenters. The van der Waals surface area contributed by atoms with E-state index >= 15 is 0 Å². The van der Waals surface area contributed by atoms with Crippen molar-refractivity contribution >= 4 is 29.0 Å². The highest BCUT2D eigenvalue weighted by Gasteiger charge is 2.28. The molecule has 0 unspecified atom stereocenters. The fraction of sp³-hybridized carbons (Fsp3) is 0.625. The molecule has 0 saturated carbocycles. The van der Waals surface area contributed by atoms with E-state index in [1.165, 1.54) is 6.20 Å². The number of carbonyl (C=O) groups is 1. The lowest BCUT2D eigenvalue weighted by Gasteiger charge is -2.33. The van der Waals surface area contributed by atoms with Gasteiger partial charge in [-0.3, -0.25) is 4.79 Å². The Hall–Kier alpha value is -0.680. The first-order valence-electron chi connectivity index (χ1n) is 4.10. The number of hydrogen-bond donors (Lipinski definition) is 0. The van der Waals surface area contributed by atoms with Gasteiger partial charge in [0.1, 0.15) is 4.88 Å². The maximum absolute atomic E-state index is 11.8. The molecule has 1 rings (SSSR count). The molecule has 1 amide bonds. The van der Waals surface area contributed by atoms with Gasteiger partial charge in [0.2, 0.25) is 0 Å². The number of hydrogen-bond acceptors (Lipinski definition) is 4. The molecule has 0 saturated heterocycles. The topological polar surface area (TPSA) is 46.1 Å². The average Bonchev–Trinajstić information content (AvgIpc) is 2.68. The number of rotatable bonds is 3. The third-order valence-electron chi connectivity index (χ3n) is 2.11. The first-order valence-corrected chi connectivity index (χ1v) is 5.41. The number of halogens is 1. The summed E-state index contributed by atoms with van der Waals surface area (Å²) in [5.41, 5.74) is -0.359. The van der Waals surface area contributed by atoms with E-state index in [0.29, 0.717) is 10.8 Å². The number of nitrogens with zero attached hydrogens (tertiary/aromatic N) is 3. The second-order valence-electron chi connectivity index (χ2n) is 3.59. The van der Waals surface area contributed by atoms with Crippen LogP contribution in [0.5, 0.6) is 0 Å². The molecule has 0 radical (unpaired) electrons. The van der Waals surface area contributed by atoms with E-state index in [2.05, 4.69) is 9.59 Å². The Balaban J connectivity index is 2.81. The summed E-state index contributed by atoms with van der Waals surface area (Å²) in [5.74, 6) is 0.298. The predicted octanol–water partition coefficient (Wildman–Crippen LogP) is 1.63. The normalized spacial score (nSPS) is 11.4. The molecule has 78 valence electrons. The molecule has 0 fully saturated rings. The van der Waals surface area contributed by atoms with E-state index in [0.717, 1.165) is 11.5 Å². The zero-order chi connectivity index (χ0) is 10.8. The summed E-state index contributed by atoms with van der Waals surface area (Å²) in [4.78, 5) is 13.9. The van der Waals surface area contributed by atoms with Gasteiger partial charge in [-0.1, -0.05) is 4.49 Å². The van der Waals surface area contributed by atoms with Gasteiger partial charge < -0.3 is 4.90 Å². The monoisotopic (exact) mass is 233 g/mol. The molecule has 1 heterocycles. The molecule has 0 aliphatic carbocycles. The van der Waals surface area contributed by atoms with Gasteiger partial charge in [0, 0.05) is 12.9 Å². The average molecular weight is 234 g/mol. The SMILES string of the molecule is CN(C(=O)c1cnns1)C(C)(C)CCl. The van der Waals surface area contributed by atoms with Crippen LogP contribution in [0.15, 0.2) is 6.20 Å². The molecule has 4 nitrogen and oxygen atoms in total. The van der Waals surface area contributed by atoms with Crippen molar-refractivity contribution in [3.63, 3.8) is 0 Å². The standard InChI is InChI=1S/C8H12ClN3OS/c1-8(2,5-9)12(3)7(13)6-4-10-11-14-6/h4H,5H2,1-3H3. The number of carbonyl (C=O) groups excluding carboxylic acids is 1. The molecule has 1 aromatic rings. The van der Waals surface area contributed by atoms with Gasteiger partial charge in [-0.2, -0.15) is 0 Å². The van der Waals surface area contributed by atoms with Crippen molar-refractivity contribution in [1.29, 1.82) is 0 Å². The highest BCUT2D eigenvalue weighted by atomic mass is 35.5. The molecule has 14 heavy (non-hydrogen) atoms. The molecule has 1 aromatic heterocycles. The van der Waals surface area contributed by atoms with Crippen molar-refractivity contribution in [2.75, 3.05) is 12.9 Å². The molecule has 0 aliphatic rings. The zero-order valence-corrected chi connectivity index (χ0v) is 9.89. The lowest BCUT2D eigenvalue weighted by Crippen LogP contribution is -2.46. The van der Waals surface area contributed by atoms with Crippen LogP contribution in [0.25, 0.3) is 0 Å². The molecule has 0 N–H and O–H groups in total. The molecule has 0 spiro atoms. The molecular formula is C8H12ClN3OS. The van der Waals surface area contributed by atoms with Crippen molar-refractivity contribution in [3.8, 4) is 0 Å². The summed E-state index contributed by atoms with van der Waals surface area (Å²) >= 11 is 6.86. The van der Waals surface area contributed by atoms with Crippen LogP contribution in [-0.4, -0.2) is 38.9 Å². The van der Waals surface area contributed by atoms with Crippen LogP contribution in [0.3, 0.4) is 0 Å². The Labute approximate surface area is 92.0 Å². The Kier molecular flexibility index (Phi) is 3.44. The molecule has 0 aliphatic heterocycles. The third kappa shape index (κ3) is 2.22. The van der Waals surface area contributed by atoms with Crippen molar-refractivity contribution in [2.24, 2.45) is 0 Å². The van der Waals surface area contributed by atoms with Crippen LogP contribution < -0.4 is 0 Å². The van der Waals surface area contributed by atoms with Crippen LogP contribution in [0.2, 0.25) is 0 Å². The van der Waals surface area contributed by atoms with E-state index in [-0.39, 0.29) is 11.4 Å². The predicted molar refractivity (Wildman–Crippen MR) is 56.8 cm³/mol. The van der Waals surface area contributed by atoms with E-state index in [1.807, 2.05) is 13.8 Å². The highest BCUT2D eigenvalue weighted by Crippen LogP contribution is 2.18. The van der Waals surface area contributed by atoms with Crippen molar-refractivity contribution in [2.45, 2.75) is 19.4 Å². The summed E-state index contributed by atoms with van der Waals surface area (Å²) in [6, 6.07) is 0. The zero-order valence-electron chi connectivity index (χ0n) is 8.32. The Morgan fingerprint density at radius 3 is 2.79 bits per heavy atom. The maximum Gasteiger partial charge on any atom is 0.267 e. The molecule has 0 aromatic carbocycles. The second kappa shape index (κ2) is 4.23. The molecule has 6 heteroatoms. The fourth-order valence-corrected chi connectivity index (χ4v) is 1.46. The lowest BCUT2D eigenvalue weighted by molar-refractivity contribution is 0.0665. The van der Waals surface area contributed by atoms with Crippen LogP contribution in [0.1, 0.15) is 23.5 Å². The van der Waals surface area contributed by atoms with Gasteiger partial charge in [0.15, 0.2) is 0 Å².